The Bertz CT molecular complexity index is 852. The lowest BCUT2D eigenvalue weighted by molar-refractivity contribution is 0.325. The van der Waals surface area contributed by atoms with Crippen LogP contribution in [0.4, 0.5) is 0 Å². The summed E-state index contributed by atoms with van der Waals surface area (Å²) in [5.41, 5.74) is 0. The topological polar surface area (TPSA) is 76.4 Å². The quantitative estimate of drug-likeness (QED) is 0.406. The first-order chi connectivity index (χ1) is 12.3. The Morgan fingerprint density at radius 2 is 2.00 bits per heavy atom. The van der Waals surface area contributed by atoms with Crippen LogP contribution in [0.15, 0.2) is 53.8 Å². The van der Waals surface area contributed by atoms with Crippen LogP contribution < -0.4 is 15.4 Å². The molecular weight excluding hydrogens is 316 g/mol. The number of hydrogen-bond acceptors (Lipinski definition) is 4. The maximum absolute atomic E-state index is 5.91. The normalized spacial score (nSPS) is 11.5. The first kappa shape index (κ1) is 16.8. The van der Waals surface area contributed by atoms with Crippen molar-refractivity contribution < 1.29 is 4.74 Å². The Hall–Kier alpha value is -3.09. The largest absolute Gasteiger partial charge is 0.491 e. The van der Waals surface area contributed by atoms with Gasteiger partial charge in [-0.2, -0.15) is 5.10 Å². The van der Waals surface area contributed by atoms with E-state index in [-0.39, 0.29) is 0 Å². The molecule has 0 aliphatic heterocycles. The highest BCUT2D eigenvalue weighted by molar-refractivity contribution is 5.88. The molecule has 7 heteroatoms. The monoisotopic (exact) mass is 338 g/mol. The van der Waals surface area contributed by atoms with E-state index in [1.54, 1.807) is 11.7 Å². The van der Waals surface area contributed by atoms with Gasteiger partial charge in [-0.3, -0.25) is 9.67 Å². The number of nitrogens with one attached hydrogen (secondary N) is 2. The SMILES string of the molecule is CN=C(NCCOc1cccc2ccccc12)NCc1ncnn1C. The molecule has 0 atom stereocenters. The van der Waals surface area contributed by atoms with Gasteiger partial charge in [0.2, 0.25) is 0 Å². The van der Waals surface area contributed by atoms with Crippen molar-refractivity contribution in [2.45, 2.75) is 6.54 Å². The second-order valence-corrected chi connectivity index (χ2v) is 5.48. The number of aliphatic imine (C=N–C) groups is 1. The van der Waals surface area contributed by atoms with Crippen molar-refractivity contribution in [2.75, 3.05) is 20.2 Å². The zero-order valence-electron chi connectivity index (χ0n) is 14.4. The Kier molecular flexibility index (Phi) is 5.46. The minimum atomic E-state index is 0.540. The molecular formula is C18H22N6O. The molecule has 0 bridgehead atoms. The molecule has 0 saturated carbocycles. The van der Waals surface area contributed by atoms with E-state index in [2.05, 4.69) is 43.9 Å². The van der Waals surface area contributed by atoms with Crippen LogP contribution in [0.25, 0.3) is 10.8 Å². The summed E-state index contributed by atoms with van der Waals surface area (Å²) in [5.74, 6) is 2.43. The summed E-state index contributed by atoms with van der Waals surface area (Å²) in [4.78, 5) is 8.36. The highest BCUT2D eigenvalue weighted by atomic mass is 16.5. The van der Waals surface area contributed by atoms with Gasteiger partial charge in [0.1, 0.15) is 24.5 Å². The van der Waals surface area contributed by atoms with Crippen molar-refractivity contribution in [3.8, 4) is 5.75 Å². The third kappa shape index (κ3) is 4.26. The molecule has 130 valence electrons. The number of benzene rings is 2. The number of aryl methyl sites for hydroxylation is 1. The molecule has 1 aromatic heterocycles. The van der Waals surface area contributed by atoms with Crippen LogP contribution >= 0.6 is 0 Å². The number of rotatable bonds is 6. The minimum absolute atomic E-state index is 0.540. The van der Waals surface area contributed by atoms with Gasteiger partial charge in [0.05, 0.1) is 13.1 Å². The van der Waals surface area contributed by atoms with Gasteiger partial charge in [0, 0.05) is 19.5 Å². The zero-order chi connectivity index (χ0) is 17.5. The predicted octanol–water partition coefficient (Wildman–Crippen LogP) is 1.71. The maximum atomic E-state index is 5.91. The van der Waals surface area contributed by atoms with Gasteiger partial charge in [-0.15, -0.1) is 0 Å². The highest BCUT2D eigenvalue weighted by Crippen LogP contribution is 2.24. The van der Waals surface area contributed by atoms with Gasteiger partial charge < -0.3 is 15.4 Å². The maximum Gasteiger partial charge on any atom is 0.191 e. The van der Waals surface area contributed by atoms with E-state index < -0.39 is 0 Å². The average molecular weight is 338 g/mol. The Balaban J connectivity index is 1.47. The molecule has 2 N–H and O–H groups in total. The number of hydrogen-bond donors (Lipinski definition) is 2. The van der Waals surface area contributed by atoms with E-state index >= 15 is 0 Å². The fourth-order valence-corrected chi connectivity index (χ4v) is 2.52. The van der Waals surface area contributed by atoms with Gasteiger partial charge in [-0.1, -0.05) is 36.4 Å². The standard InChI is InChI=1S/C18H22N6O/c1-19-18(21-12-17-22-13-23-24(17)2)20-10-11-25-16-9-5-7-14-6-3-4-8-15(14)16/h3-9,13H,10-12H2,1-2H3,(H2,19,20,21). The number of nitrogens with zero attached hydrogens (tertiary/aromatic N) is 4. The van der Waals surface area contributed by atoms with Crippen LogP contribution in [-0.2, 0) is 13.6 Å². The number of ether oxygens (including phenoxy) is 1. The fraction of sp³-hybridized carbons (Fsp3) is 0.278. The minimum Gasteiger partial charge on any atom is -0.491 e. The molecule has 7 nitrogen and oxygen atoms in total. The van der Waals surface area contributed by atoms with Crippen molar-refractivity contribution in [3.63, 3.8) is 0 Å². The van der Waals surface area contributed by atoms with Gasteiger partial charge in [0.25, 0.3) is 0 Å². The molecule has 0 fully saturated rings. The molecule has 0 aliphatic rings. The fourth-order valence-electron chi connectivity index (χ4n) is 2.52. The number of fused-ring (bicyclic) bond motifs is 1. The lowest BCUT2D eigenvalue weighted by Gasteiger charge is -2.13. The van der Waals surface area contributed by atoms with Crippen molar-refractivity contribution >= 4 is 16.7 Å². The molecule has 25 heavy (non-hydrogen) atoms. The smallest absolute Gasteiger partial charge is 0.191 e. The molecule has 2 aromatic carbocycles. The van der Waals surface area contributed by atoms with E-state index in [9.17, 15) is 0 Å². The Labute approximate surface area is 146 Å². The number of aromatic nitrogens is 3. The third-order valence-electron chi connectivity index (χ3n) is 3.84. The van der Waals surface area contributed by atoms with Crippen LogP contribution in [0.3, 0.4) is 0 Å². The lowest BCUT2D eigenvalue weighted by atomic mass is 10.1. The molecule has 0 spiro atoms. The second-order valence-electron chi connectivity index (χ2n) is 5.48. The highest BCUT2D eigenvalue weighted by Gasteiger charge is 2.04. The van der Waals surface area contributed by atoms with E-state index in [1.807, 2.05) is 31.3 Å². The van der Waals surface area contributed by atoms with Gasteiger partial charge in [-0.05, 0) is 11.5 Å². The third-order valence-corrected chi connectivity index (χ3v) is 3.84. The van der Waals surface area contributed by atoms with E-state index in [0.717, 1.165) is 17.0 Å². The van der Waals surface area contributed by atoms with Gasteiger partial charge in [0.15, 0.2) is 5.96 Å². The van der Waals surface area contributed by atoms with E-state index in [1.165, 1.54) is 11.7 Å². The summed E-state index contributed by atoms with van der Waals surface area (Å²) in [6.07, 6.45) is 1.53. The summed E-state index contributed by atoms with van der Waals surface area (Å²) in [6.45, 7) is 1.74. The molecule has 1 heterocycles. The summed E-state index contributed by atoms with van der Waals surface area (Å²) in [7, 11) is 3.59. The Morgan fingerprint density at radius 3 is 2.80 bits per heavy atom. The first-order valence-corrected chi connectivity index (χ1v) is 8.16. The van der Waals surface area contributed by atoms with Crippen LogP contribution in [0.2, 0.25) is 0 Å². The summed E-state index contributed by atoms with van der Waals surface area (Å²) >= 11 is 0. The molecule has 0 unspecified atom stereocenters. The van der Waals surface area contributed by atoms with Crippen molar-refractivity contribution in [1.82, 2.24) is 25.4 Å². The molecule has 3 rings (SSSR count). The molecule has 3 aromatic rings. The van der Waals surface area contributed by atoms with Crippen LogP contribution in [0.1, 0.15) is 5.82 Å². The van der Waals surface area contributed by atoms with Crippen molar-refractivity contribution in [2.24, 2.45) is 12.0 Å². The van der Waals surface area contributed by atoms with Crippen molar-refractivity contribution in [1.29, 1.82) is 0 Å². The summed E-state index contributed by atoms with van der Waals surface area (Å²) in [6, 6.07) is 14.3. The van der Waals surface area contributed by atoms with E-state index in [4.69, 9.17) is 4.74 Å². The number of guanidine groups is 1. The lowest BCUT2D eigenvalue weighted by Crippen LogP contribution is -2.39. The van der Waals surface area contributed by atoms with E-state index in [0.29, 0.717) is 25.7 Å². The van der Waals surface area contributed by atoms with Crippen molar-refractivity contribution in [3.05, 3.63) is 54.6 Å². The predicted molar refractivity (Wildman–Crippen MR) is 98.6 cm³/mol. The van der Waals surface area contributed by atoms with Crippen LogP contribution in [0, 0.1) is 0 Å². The zero-order valence-corrected chi connectivity index (χ0v) is 14.4. The average Bonchev–Trinajstić information content (AvgIpc) is 3.06. The summed E-state index contributed by atoms with van der Waals surface area (Å²) in [5, 5.41) is 12.8. The molecule has 0 aliphatic carbocycles. The Morgan fingerprint density at radius 1 is 1.16 bits per heavy atom. The van der Waals surface area contributed by atoms with Crippen LogP contribution in [-0.4, -0.2) is 40.9 Å². The van der Waals surface area contributed by atoms with Gasteiger partial charge >= 0.3 is 0 Å². The van der Waals surface area contributed by atoms with Crippen LogP contribution in [0.5, 0.6) is 5.75 Å². The first-order valence-electron chi connectivity index (χ1n) is 8.16. The second kappa shape index (κ2) is 8.14. The summed E-state index contributed by atoms with van der Waals surface area (Å²) < 4.78 is 7.64. The molecule has 0 amide bonds. The molecule has 0 saturated heterocycles. The van der Waals surface area contributed by atoms with Gasteiger partial charge in [-0.25, -0.2) is 4.98 Å². The molecule has 0 radical (unpaired) electrons.